The third kappa shape index (κ3) is 64.0. The van der Waals surface area contributed by atoms with E-state index in [1.807, 2.05) is 0 Å². The number of aliphatic hydroxyl groups is 2. The van der Waals surface area contributed by atoms with Gasteiger partial charge < -0.3 is 20.3 Å². The minimum absolute atomic E-state index is 0.0235. The molecule has 0 aliphatic heterocycles. The van der Waals surface area contributed by atoms with E-state index in [4.69, 9.17) is 4.74 Å². The van der Waals surface area contributed by atoms with Gasteiger partial charge in [-0.3, -0.25) is 9.59 Å². The van der Waals surface area contributed by atoms with E-state index >= 15 is 0 Å². The van der Waals surface area contributed by atoms with E-state index in [1.165, 1.54) is 353 Å². The average Bonchev–Trinajstić information content (AvgIpc) is 3.44. The standard InChI is InChI=1S/C72H143NO5/c1-3-5-7-9-11-13-15-17-19-32-36-40-44-48-52-56-60-64-70(75)69(68-74)73-71(76)65-61-57-53-49-45-41-37-34-30-28-26-24-22-21-23-25-27-29-31-35-39-43-47-51-55-59-63-67-78-72(77)66-62-58-54-50-46-42-38-33-20-18-16-14-12-10-8-6-4-2/h69-70,74-75H,3-68H2,1-2H3,(H,73,76). The molecule has 0 aliphatic rings. The maximum atomic E-state index is 12.5. The Morgan fingerprint density at radius 1 is 0.308 bits per heavy atom. The molecular weight excluding hydrogens is 959 g/mol. The number of nitrogens with one attached hydrogen (secondary N) is 1. The van der Waals surface area contributed by atoms with Gasteiger partial charge in [0, 0.05) is 12.8 Å². The van der Waals surface area contributed by atoms with Crippen LogP contribution in [0, 0.1) is 0 Å². The SMILES string of the molecule is CCCCCCCCCCCCCCCCCCCC(=O)OCCCCCCCCCCCCCCCCCCCCCCCCCCCCCC(=O)NC(CO)C(O)CCCCCCCCCCCCCCCCCCC. The molecule has 6 heteroatoms. The fourth-order valence-corrected chi connectivity index (χ4v) is 11.9. The average molecular weight is 1100 g/mol. The summed E-state index contributed by atoms with van der Waals surface area (Å²) in [6.07, 6.45) is 83.0. The molecule has 0 aliphatic carbocycles. The molecule has 78 heavy (non-hydrogen) atoms. The van der Waals surface area contributed by atoms with Crippen molar-refractivity contribution in [2.75, 3.05) is 13.2 Å². The number of hydrogen-bond acceptors (Lipinski definition) is 5. The molecule has 2 unspecified atom stereocenters. The van der Waals surface area contributed by atoms with Crippen molar-refractivity contribution in [2.45, 2.75) is 437 Å². The summed E-state index contributed by atoms with van der Waals surface area (Å²) in [6, 6.07) is -0.538. The molecule has 0 heterocycles. The van der Waals surface area contributed by atoms with E-state index in [1.54, 1.807) is 0 Å². The van der Waals surface area contributed by atoms with Crippen molar-refractivity contribution in [1.82, 2.24) is 5.32 Å². The second kappa shape index (κ2) is 68.4. The highest BCUT2D eigenvalue weighted by molar-refractivity contribution is 5.76. The molecule has 0 saturated carbocycles. The van der Waals surface area contributed by atoms with Crippen LogP contribution in [0.5, 0.6) is 0 Å². The number of ether oxygens (including phenoxy) is 1. The Bertz CT molecular complexity index is 1130. The molecule has 6 nitrogen and oxygen atoms in total. The molecule has 3 N–H and O–H groups in total. The van der Waals surface area contributed by atoms with E-state index < -0.39 is 12.1 Å². The number of carbonyl (C=O) groups excluding carboxylic acids is 2. The lowest BCUT2D eigenvalue weighted by Gasteiger charge is -2.22. The van der Waals surface area contributed by atoms with E-state index in [2.05, 4.69) is 19.2 Å². The first kappa shape index (κ1) is 76.9. The van der Waals surface area contributed by atoms with Crippen molar-refractivity contribution in [3.05, 3.63) is 0 Å². The number of esters is 1. The van der Waals surface area contributed by atoms with Gasteiger partial charge >= 0.3 is 5.97 Å². The van der Waals surface area contributed by atoms with E-state index in [0.29, 0.717) is 25.9 Å². The van der Waals surface area contributed by atoms with Gasteiger partial charge in [0.15, 0.2) is 0 Å². The van der Waals surface area contributed by atoms with E-state index in [0.717, 1.165) is 38.5 Å². The maximum Gasteiger partial charge on any atom is 0.305 e. The number of hydrogen-bond donors (Lipinski definition) is 3. The molecule has 0 aromatic heterocycles. The van der Waals surface area contributed by atoms with Gasteiger partial charge in [0.2, 0.25) is 5.91 Å². The number of aliphatic hydroxyl groups excluding tert-OH is 2. The molecule has 0 radical (unpaired) electrons. The lowest BCUT2D eigenvalue weighted by atomic mass is 10.0. The molecular formula is C72H143NO5. The molecule has 0 aromatic rings. The van der Waals surface area contributed by atoms with Crippen LogP contribution in [0.25, 0.3) is 0 Å². The van der Waals surface area contributed by atoms with Gasteiger partial charge in [0.1, 0.15) is 0 Å². The second-order valence-corrected chi connectivity index (χ2v) is 25.3. The Labute approximate surface area is 489 Å². The first-order valence-electron chi connectivity index (χ1n) is 36.3. The number of rotatable bonds is 69. The van der Waals surface area contributed by atoms with Gasteiger partial charge in [-0.25, -0.2) is 0 Å². The van der Waals surface area contributed by atoms with Gasteiger partial charge in [0.05, 0.1) is 25.4 Å². The third-order valence-corrected chi connectivity index (χ3v) is 17.4. The summed E-state index contributed by atoms with van der Waals surface area (Å²) < 4.78 is 5.51. The summed E-state index contributed by atoms with van der Waals surface area (Å²) in [5, 5.41) is 23.4. The largest absolute Gasteiger partial charge is 0.466 e. The van der Waals surface area contributed by atoms with Gasteiger partial charge in [-0.15, -0.1) is 0 Å². The summed E-state index contributed by atoms with van der Waals surface area (Å²) >= 11 is 0. The van der Waals surface area contributed by atoms with Gasteiger partial charge in [0.25, 0.3) is 0 Å². The highest BCUT2D eigenvalue weighted by atomic mass is 16.5. The summed E-state index contributed by atoms with van der Waals surface area (Å²) in [6.45, 7) is 5.01. The molecule has 0 rings (SSSR count). The maximum absolute atomic E-state index is 12.5. The zero-order valence-corrected chi connectivity index (χ0v) is 53.4. The van der Waals surface area contributed by atoms with Crippen molar-refractivity contribution in [3.8, 4) is 0 Å². The predicted molar refractivity (Wildman–Crippen MR) is 343 cm³/mol. The summed E-state index contributed by atoms with van der Waals surface area (Å²) in [4.78, 5) is 24.6. The Morgan fingerprint density at radius 2 is 0.526 bits per heavy atom. The monoisotopic (exact) mass is 1100 g/mol. The molecule has 0 fully saturated rings. The van der Waals surface area contributed by atoms with Crippen LogP contribution in [-0.4, -0.2) is 47.4 Å². The van der Waals surface area contributed by atoms with Crippen molar-refractivity contribution >= 4 is 11.9 Å². The van der Waals surface area contributed by atoms with Crippen LogP contribution in [0.2, 0.25) is 0 Å². The second-order valence-electron chi connectivity index (χ2n) is 25.3. The molecule has 0 aromatic carbocycles. The van der Waals surface area contributed by atoms with Crippen LogP contribution in [0.3, 0.4) is 0 Å². The van der Waals surface area contributed by atoms with Crippen molar-refractivity contribution in [2.24, 2.45) is 0 Å². The molecule has 466 valence electrons. The van der Waals surface area contributed by atoms with E-state index in [9.17, 15) is 19.8 Å². The van der Waals surface area contributed by atoms with Crippen LogP contribution in [0.1, 0.15) is 425 Å². The lowest BCUT2D eigenvalue weighted by Crippen LogP contribution is -2.45. The van der Waals surface area contributed by atoms with Gasteiger partial charge in [-0.05, 0) is 25.7 Å². The normalized spacial score (nSPS) is 12.4. The molecule has 2 atom stereocenters. The Kier molecular flexibility index (Phi) is 67.4. The van der Waals surface area contributed by atoms with Crippen LogP contribution in [0.15, 0.2) is 0 Å². The summed E-state index contributed by atoms with van der Waals surface area (Å²) in [5.74, 6) is -0.00416. The van der Waals surface area contributed by atoms with E-state index in [-0.39, 0.29) is 18.5 Å². The van der Waals surface area contributed by atoms with Crippen molar-refractivity contribution in [1.29, 1.82) is 0 Å². The minimum Gasteiger partial charge on any atom is -0.466 e. The minimum atomic E-state index is -0.661. The Hall–Kier alpha value is -1.14. The van der Waals surface area contributed by atoms with Crippen LogP contribution in [-0.2, 0) is 14.3 Å². The third-order valence-electron chi connectivity index (χ3n) is 17.4. The molecule has 0 saturated heterocycles. The lowest BCUT2D eigenvalue weighted by molar-refractivity contribution is -0.143. The molecule has 0 spiro atoms. The van der Waals surface area contributed by atoms with Gasteiger partial charge in [-0.2, -0.15) is 0 Å². The van der Waals surface area contributed by atoms with Crippen molar-refractivity contribution < 1.29 is 24.5 Å². The predicted octanol–water partition coefficient (Wildman–Crippen LogP) is 23.4. The molecule has 1 amide bonds. The first-order chi connectivity index (χ1) is 38.5. The Balaban J connectivity index is 3.32. The Morgan fingerprint density at radius 3 is 0.782 bits per heavy atom. The van der Waals surface area contributed by atoms with Crippen LogP contribution < -0.4 is 5.32 Å². The highest BCUT2D eigenvalue weighted by Crippen LogP contribution is 2.20. The quantitative estimate of drug-likeness (QED) is 0.0417. The van der Waals surface area contributed by atoms with Crippen LogP contribution >= 0.6 is 0 Å². The fourth-order valence-electron chi connectivity index (χ4n) is 11.9. The molecule has 0 bridgehead atoms. The smallest absolute Gasteiger partial charge is 0.305 e. The summed E-state index contributed by atoms with van der Waals surface area (Å²) in [5.41, 5.74) is 0. The van der Waals surface area contributed by atoms with Gasteiger partial charge in [-0.1, -0.05) is 386 Å². The zero-order chi connectivity index (χ0) is 56.4. The zero-order valence-electron chi connectivity index (χ0n) is 53.4. The van der Waals surface area contributed by atoms with Crippen molar-refractivity contribution in [3.63, 3.8) is 0 Å². The first-order valence-corrected chi connectivity index (χ1v) is 36.3. The summed E-state index contributed by atoms with van der Waals surface area (Å²) in [7, 11) is 0. The fraction of sp³-hybridized carbons (Fsp3) is 0.972. The number of carbonyl (C=O) groups is 2. The van der Waals surface area contributed by atoms with Crippen LogP contribution in [0.4, 0.5) is 0 Å². The number of unbranched alkanes of at least 4 members (excludes halogenated alkanes) is 58. The highest BCUT2D eigenvalue weighted by Gasteiger charge is 2.20. The topological polar surface area (TPSA) is 95.9 Å². The number of amides is 1.